The van der Waals surface area contributed by atoms with E-state index in [1.54, 1.807) is 0 Å². The van der Waals surface area contributed by atoms with Gasteiger partial charge in [0, 0.05) is 0 Å². The lowest BCUT2D eigenvalue weighted by atomic mass is 9.75. The smallest absolute Gasteiger partial charge is 0.0325 e. The van der Waals surface area contributed by atoms with Crippen LogP contribution in [-0.2, 0) is 0 Å². The Kier molecular flexibility index (Phi) is 5.84. The third kappa shape index (κ3) is 4.26. The first-order chi connectivity index (χ1) is 5.54. The zero-order valence-corrected chi connectivity index (χ0v) is 9.92. The van der Waals surface area contributed by atoms with Gasteiger partial charge in [-0.1, -0.05) is 26.8 Å². The van der Waals surface area contributed by atoms with Crippen molar-refractivity contribution in [2.24, 2.45) is 11.3 Å². The van der Waals surface area contributed by atoms with E-state index >= 15 is 0 Å². The van der Waals surface area contributed by atoms with Crippen LogP contribution in [0.15, 0.2) is 12.7 Å². The Morgan fingerprint density at radius 2 is 2.08 bits per heavy atom. The van der Waals surface area contributed by atoms with Crippen LogP contribution in [0.2, 0.25) is 0 Å². The predicted octanol–water partition coefficient (Wildman–Crippen LogP) is 3.88. The van der Waals surface area contributed by atoms with Gasteiger partial charge in [0.05, 0.1) is 0 Å². The van der Waals surface area contributed by atoms with E-state index in [4.69, 9.17) is 0 Å². The summed E-state index contributed by atoms with van der Waals surface area (Å²) in [6, 6.07) is 0. The molecule has 72 valence electrons. The molecule has 0 aliphatic heterocycles. The van der Waals surface area contributed by atoms with Crippen molar-refractivity contribution in [2.75, 3.05) is 6.16 Å². The summed E-state index contributed by atoms with van der Waals surface area (Å²) < 4.78 is 0. The van der Waals surface area contributed by atoms with Crippen LogP contribution in [0.3, 0.4) is 0 Å². The van der Waals surface area contributed by atoms with Gasteiger partial charge >= 0.3 is 0 Å². The Labute approximate surface area is 80.0 Å². The van der Waals surface area contributed by atoms with Crippen LogP contribution in [0.1, 0.15) is 40.0 Å². The molecule has 0 radical (unpaired) electrons. The normalized spacial score (nSPS) is 14.3. The van der Waals surface area contributed by atoms with Crippen LogP contribution < -0.4 is 0 Å². The third-order valence-corrected chi connectivity index (χ3v) is 3.22. The van der Waals surface area contributed by atoms with Crippen molar-refractivity contribution in [3.05, 3.63) is 12.7 Å². The number of allylic oxidation sites excluding steroid dienone is 1. The van der Waals surface area contributed by atoms with Crippen molar-refractivity contribution < 1.29 is 0 Å². The predicted molar refractivity (Wildman–Crippen MR) is 61.6 cm³/mol. The van der Waals surface area contributed by atoms with Crippen LogP contribution in [-0.4, -0.2) is 6.16 Å². The molecule has 0 N–H and O–H groups in total. The van der Waals surface area contributed by atoms with Gasteiger partial charge in [0.1, 0.15) is 0 Å². The molecule has 0 bridgehead atoms. The second kappa shape index (κ2) is 5.75. The molecule has 0 spiro atoms. The first-order valence-corrected chi connectivity index (χ1v) is 5.67. The zero-order valence-electron chi connectivity index (χ0n) is 8.77. The first kappa shape index (κ1) is 12.2. The molecule has 1 heteroatoms. The van der Waals surface area contributed by atoms with Gasteiger partial charge in [0.25, 0.3) is 0 Å². The fourth-order valence-electron chi connectivity index (χ4n) is 1.38. The van der Waals surface area contributed by atoms with Crippen LogP contribution in [0, 0.1) is 11.3 Å². The average molecular weight is 186 g/mol. The lowest BCUT2D eigenvalue weighted by Crippen LogP contribution is -2.21. The third-order valence-electron chi connectivity index (χ3n) is 2.93. The van der Waals surface area contributed by atoms with Crippen LogP contribution >= 0.6 is 9.24 Å². The Morgan fingerprint density at radius 1 is 1.50 bits per heavy atom. The summed E-state index contributed by atoms with van der Waals surface area (Å²) in [5.74, 6) is 0.802. The van der Waals surface area contributed by atoms with Gasteiger partial charge in [-0.3, -0.25) is 0 Å². The summed E-state index contributed by atoms with van der Waals surface area (Å²) >= 11 is 0. The van der Waals surface area contributed by atoms with Gasteiger partial charge in [0.2, 0.25) is 0 Å². The number of rotatable bonds is 6. The molecule has 0 aliphatic carbocycles. The zero-order chi connectivity index (χ0) is 9.61. The minimum Gasteiger partial charge on any atom is -0.138 e. The molecule has 0 aliphatic rings. The van der Waals surface area contributed by atoms with Crippen molar-refractivity contribution in [1.29, 1.82) is 0 Å². The van der Waals surface area contributed by atoms with Gasteiger partial charge in [-0.2, -0.15) is 0 Å². The van der Waals surface area contributed by atoms with Crippen LogP contribution in [0.4, 0.5) is 0 Å². The lowest BCUT2D eigenvalue weighted by molar-refractivity contribution is 0.212. The summed E-state index contributed by atoms with van der Waals surface area (Å²) in [5.41, 5.74) is 0.491. The Bertz CT molecular complexity index is 127. The molecular weight excluding hydrogens is 163 g/mol. The molecule has 0 aromatic carbocycles. The monoisotopic (exact) mass is 186 g/mol. The minimum atomic E-state index is 0.491. The maximum Gasteiger partial charge on any atom is -0.0325 e. The average Bonchev–Trinajstić information content (AvgIpc) is 2.00. The van der Waals surface area contributed by atoms with E-state index in [1.807, 2.05) is 6.08 Å². The highest BCUT2D eigenvalue weighted by Gasteiger charge is 2.23. The second-order valence-electron chi connectivity index (χ2n) is 4.29. The topological polar surface area (TPSA) is 0 Å². The molecule has 2 unspecified atom stereocenters. The Morgan fingerprint density at radius 3 is 2.50 bits per heavy atom. The molecule has 0 aromatic heterocycles. The standard InChI is InChI=1S/C11H23P/c1-5-6-7-10(2)11(3,4)8-9-12/h5,10H,1,6-9,12H2,2-4H3. The van der Waals surface area contributed by atoms with Gasteiger partial charge < -0.3 is 0 Å². The summed E-state index contributed by atoms with van der Waals surface area (Å²) in [7, 11) is 2.82. The Hall–Kier alpha value is 0.170. The van der Waals surface area contributed by atoms with Crippen molar-refractivity contribution >= 4 is 9.24 Å². The molecule has 0 fully saturated rings. The first-order valence-electron chi connectivity index (χ1n) is 4.85. The second-order valence-corrected chi connectivity index (χ2v) is 4.87. The fraction of sp³-hybridized carbons (Fsp3) is 0.818. The van der Waals surface area contributed by atoms with Crippen molar-refractivity contribution in [3.63, 3.8) is 0 Å². The SMILES string of the molecule is C=CCCC(C)C(C)(C)CCP. The molecule has 0 saturated carbocycles. The molecule has 2 atom stereocenters. The quantitative estimate of drug-likeness (QED) is 0.436. The molecular formula is C11H23P. The van der Waals surface area contributed by atoms with Crippen molar-refractivity contribution in [2.45, 2.75) is 40.0 Å². The van der Waals surface area contributed by atoms with E-state index in [2.05, 4.69) is 36.6 Å². The largest absolute Gasteiger partial charge is 0.138 e. The maximum atomic E-state index is 3.76. The van der Waals surface area contributed by atoms with Gasteiger partial charge in [-0.25, -0.2) is 0 Å². The van der Waals surface area contributed by atoms with Gasteiger partial charge in [-0.15, -0.1) is 15.8 Å². The van der Waals surface area contributed by atoms with E-state index in [9.17, 15) is 0 Å². The minimum absolute atomic E-state index is 0.491. The fourth-order valence-corrected chi connectivity index (χ4v) is 2.12. The lowest BCUT2D eigenvalue weighted by Gasteiger charge is -2.31. The Balaban J connectivity index is 3.86. The number of hydrogen-bond donors (Lipinski definition) is 0. The molecule has 0 nitrogen and oxygen atoms in total. The highest BCUT2D eigenvalue weighted by atomic mass is 31.0. The van der Waals surface area contributed by atoms with Gasteiger partial charge in [-0.05, 0) is 36.8 Å². The van der Waals surface area contributed by atoms with E-state index in [-0.39, 0.29) is 0 Å². The summed E-state index contributed by atoms with van der Waals surface area (Å²) in [6.07, 6.45) is 6.97. The van der Waals surface area contributed by atoms with Crippen molar-refractivity contribution in [3.8, 4) is 0 Å². The van der Waals surface area contributed by atoms with Crippen LogP contribution in [0.25, 0.3) is 0 Å². The summed E-state index contributed by atoms with van der Waals surface area (Å²) in [5, 5.41) is 0. The molecule has 12 heavy (non-hydrogen) atoms. The summed E-state index contributed by atoms with van der Waals surface area (Å²) in [6.45, 7) is 10.8. The number of hydrogen-bond acceptors (Lipinski definition) is 0. The highest BCUT2D eigenvalue weighted by molar-refractivity contribution is 7.16. The van der Waals surface area contributed by atoms with E-state index in [0.29, 0.717) is 5.41 Å². The van der Waals surface area contributed by atoms with E-state index in [1.165, 1.54) is 19.0 Å². The molecule has 0 aromatic rings. The highest BCUT2D eigenvalue weighted by Crippen LogP contribution is 2.33. The maximum absolute atomic E-state index is 3.76. The van der Waals surface area contributed by atoms with E-state index in [0.717, 1.165) is 12.3 Å². The van der Waals surface area contributed by atoms with E-state index < -0.39 is 0 Å². The molecule has 0 saturated heterocycles. The molecule has 0 rings (SSSR count). The molecule has 0 heterocycles. The van der Waals surface area contributed by atoms with Gasteiger partial charge in [0.15, 0.2) is 0 Å². The van der Waals surface area contributed by atoms with Crippen LogP contribution in [0.5, 0.6) is 0 Å². The van der Waals surface area contributed by atoms with Crippen molar-refractivity contribution in [1.82, 2.24) is 0 Å². The molecule has 0 amide bonds. The summed E-state index contributed by atoms with van der Waals surface area (Å²) in [4.78, 5) is 0.